The van der Waals surface area contributed by atoms with Gasteiger partial charge >= 0.3 is 0 Å². The minimum absolute atomic E-state index is 0.112. The zero-order valence-corrected chi connectivity index (χ0v) is 7.28. The van der Waals surface area contributed by atoms with Gasteiger partial charge in [-0.2, -0.15) is 0 Å². The smallest absolute Gasteiger partial charge is 0.248 e. The average Bonchev–Trinajstić information content (AvgIpc) is 2.09. The van der Waals surface area contributed by atoms with E-state index >= 15 is 0 Å². The van der Waals surface area contributed by atoms with Gasteiger partial charge in [-0.05, 0) is 6.07 Å². The largest absolute Gasteiger partial charge is 0.508 e. The van der Waals surface area contributed by atoms with Gasteiger partial charge in [0.25, 0.3) is 0 Å². The van der Waals surface area contributed by atoms with E-state index < -0.39 is 0 Å². The van der Waals surface area contributed by atoms with E-state index in [1.54, 1.807) is 18.2 Å². The maximum atomic E-state index is 11.0. The minimum Gasteiger partial charge on any atom is -0.508 e. The van der Waals surface area contributed by atoms with Crippen molar-refractivity contribution in [1.82, 2.24) is 5.48 Å². The number of aromatic hydroxyl groups is 1. The summed E-state index contributed by atoms with van der Waals surface area (Å²) in [6.45, 7) is 0. The van der Waals surface area contributed by atoms with Crippen LogP contribution in [-0.4, -0.2) is 18.1 Å². The Morgan fingerprint density at radius 3 is 2.85 bits per heavy atom. The summed E-state index contributed by atoms with van der Waals surface area (Å²) in [7, 11) is 1.36. The predicted molar refractivity (Wildman–Crippen MR) is 47.0 cm³/mol. The molecule has 0 saturated heterocycles. The number of carbonyl (C=O) groups is 1. The topological polar surface area (TPSA) is 58.6 Å². The lowest BCUT2D eigenvalue weighted by Gasteiger charge is -2.03. The summed E-state index contributed by atoms with van der Waals surface area (Å²) in [4.78, 5) is 15.5. The molecule has 1 amide bonds. The monoisotopic (exact) mass is 181 g/mol. The van der Waals surface area contributed by atoms with Crippen molar-refractivity contribution < 1.29 is 14.7 Å². The molecule has 0 radical (unpaired) electrons. The molecule has 0 aliphatic heterocycles. The fourth-order valence-electron chi connectivity index (χ4n) is 0.983. The van der Waals surface area contributed by atoms with E-state index in [9.17, 15) is 9.90 Å². The maximum Gasteiger partial charge on any atom is 0.248 e. The zero-order chi connectivity index (χ0) is 9.68. The number of nitrogens with one attached hydrogen (secondary N) is 1. The first kappa shape index (κ1) is 9.54. The molecular weight excluding hydrogens is 170 g/mol. The van der Waals surface area contributed by atoms with Crippen molar-refractivity contribution in [2.24, 2.45) is 0 Å². The zero-order valence-electron chi connectivity index (χ0n) is 7.28. The molecule has 0 unspecified atom stereocenters. The molecule has 1 rings (SSSR count). The van der Waals surface area contributed by atoms with Gasteiger partial charge in [-0.3, -0.25) is 9.63 Å². The number of hydrogen-bond acceptors (Lipinski definition) is 3. The Kier molecular flexibility index (Phi) is 3.28. The van der Waals surface area contributed by atoms with E-state index in [1.807, 2.05) is 0 Å². The Balaban J connectivity index is 2.63. The Hall–Kier alpha value is -1.55. The molecule has 0 aromatic heterocycles. The van der Waals surface area contributed by atoms with Crippen molar-refractivity contribution in [2.45, 2.75) is 6.42 Å². The summed E-state index contributed by atoms with van der Waals surface area (Å²) in [5.41, 5.74) is 2.75. The molecule has 0 atom stereocenters. The summed E-state index contributed by atoms with van der Waals surface area (Å²) in [5.74, 6) is -0.169. The highest BCUT2D eigenvalue weighted by molar-refractivity contribution is 5.78. The number of carbonyl (C=O) groups excluding carboxylic acids is 1. The molecule has 0 aliphatic rings. The SMILES string of the molecule is CONC(=O)Cc1ccccc1O. The standard InChI is InChI=1S/C9H11NO3/c1-13-10-9(12)6-7-4-2-3-5-8(7)11/h2-5,11H,6H2,1H3,(H,10,12). The third-order valence-electron chi connectivity index (χ3n) is 1.56. The maximum absolute atomic E-state index is 11.0. The predicted octanol–water partition coefficient (Wildman–Crippen LogP) is 0.612. The highest BCUT2D eigenvalue weighted by Crippen LogP contribution is 2.15. The van der Waals surface area contributed by atoms with Crippen molar-refractivity contribution in [2.75, 3.05) is 7.11 Å². The summed E-state index contributed by atoms with van der Waals surface area (Å²) >= 11 is 0. The van der Waals surface area contributed by atoms with Gasteiger partial charge in [0.1, 0.15) is 5.75 Å². The third-order valence-corrected chi connectivity index (χ3v) is 1.56. The number of benzene rings is 1. The molecule has 0 heterocycles. The van der Waals surface area contributed by atoms with E-state index in [4.69, 9.17) is 0 Å². The van der Waals surface area contributed by atoms with Crippen LogP contribution in [0.3, 0.4) is 0 Å². The summed E-state index contributed by atoms with van der Waals surface area (Å²) < 4.78 is 0. The molecule has 13 heavy (non-hydrogen) atoms. The molecule has 2 N–H and O–H groups in total. The molecule has 0 spiro atoms. The molecule has 1 aromatic carbocycles. The highest BCUT2D eigenvalue weighted by Gasteiger charge is 2.05. The number of hydroxylamine groups is 1. The van der Waals surface area contributed by atoms with E-state index in [-0.39, 0.29) is 18.1 Å². The van der Waals surface area contributed by atoms with E-state index in [0.29, 0.717) is 5.56 Å². The van der Waals surface area contributed by atoms with Crippen LogP contribution >= 0.6 is 0 Å². The van der Waals surface area contributed by atoms with Crippen molar-refractivity contribution in [3.8, 4) is 5.75 Å². The van der Waals surface area contributed by atoms with Crippen LogP contribution in [0.15, 0.2) is 24.3 Å². The minimum atomic E-state index is -0.288. The molecule has 4 heteroatoms. The van der Waals surface area contributed by atoms with Gasteiger partial charge in [-0.25, -0.2) is 5.48 Å². The van der Waals surface area contributed by atoms with Crippen LogP contribution in [-0.2, 0) is 16.1 Å². The van der Waals surface area contributed by atoms with Gasteiger partial charge < -0.3 is 5.11 Å². The van der Waals surface area contributed by atoms with Gasteiger partial charge in [0.05, 0.1) is 13.5 Å². The van der Waals surface area contributed by atoms with Gasteiger partial charge in [0, 0.05) is 5.56 Å². The first-order valence-electron chi connectivity index (χ1n) is 3.82. The van der Waals surface area contributed by atoms with E-state index in [1.165, 1.54) is 13.2 Å². The fraction of sp³-hybridized carbons (Fsp3) is 0.222. The number of phenols is 1. The van der Waals surface area contributed by atoms with Gasteiger partial charge in [-0.15, -0.1) is 0 Å². The Labute approximate surface area is 76.1 Å². The quantitative estimate of drug-likeness (QED) is 0.672. The lowest BCUT2D eigenvalue weighted by atomic mass is 10.1. The molecule has 1 aromatic rings. The Bertz CT molecular complexity index is 299. The lowest BCUT2D eigenvalue weighted by Crippen LogP contribution is -2.23. The number of hydrogen-bond donors (Lipinski definition) is 2. The van der Waals surface area contributed by atoms with Crippen LogP contribution in [0.5, 0.6) is 5.75 Å². The Morgan fingerprint density at radius 1 is 1.54 bits per heavy atom. The molecule has 0 aliphatic carbocycles. The molecule has 0 bridgehead atoms. The highest BCUT2D eigenvalue weighted by atomic mass is 16.6. The number of amides is 1. The summed E-state index contributed by atoms with van der Waals surface area (Å²) in [6.07, 6.45) is 0.112. The van der Waals surface area contributed by atoms with Gasteiger partial charge in [-0.1, -0.05) is 18.2 Å². The van der Waals surface area contributed by atoms with Crippen LogP contribution < -0.4 is 5.48 Å². The van der Waals surface area contributed by atoms with Crippen LogP contribution in [0.4, 0.5) is 0 Å². The molecule has 4 nitrogen and oxygen atoms in total. The van der Waals surface area contributed by atoms with Crippen LogP contribution in [0, 0.1) is 0 Å². The first-order chi connectivity index (χ1) is 6.24. The van der Waals surface area contributed by atoms with Gasteiger partial charge in [0.2, 0.25) is 5.91 Å². The second kappa shape index (κ2) is 4.47. The van der Waals surface area contributed by atoms with E-state index in [0.717, 1.165) is 0 Å². The van der Waals surface area contributed by atoms with Gasteiger partial charge in [0.15, 0.2) is 0 Å². The van der Waals surface area contributed by atoms with Crippen molar-refractivity contribution in [1.29, 1.82) is 0 Å². The fourth-order valence-corrected chi connectivity index (χ4v) is 0.983. The number of rotatable bonds is 3. The molecule has 70 valence electrons. The second-order valence-corrected chi connectivity index (χ2v) is 2.53. The van der Waals surface area contributed by atoms with Crippen LogP contribution in [0.1, 0.15) is 5.56 Å². The average molecular weight is 181 g/mol. The summed E-state index contributed by atoms with van der Waals surface area (Å²) in [6, 6.07) is 6.68. The molecule has 0 fully saturated rings. The molecule has 0 saturated carbocycles. The van der Waals surface area contributed by atoms with Crippen LogP contribution in [0.25, 0.3) is 0 Å². The third kappa shape index (κ3) is 2.76. The Morgan fingerprint density at radius 2 is 2.23 bits per heavy atom. The summed E-state index contributed by atoms with van der Waals surface area (Å²) in [5, 5.41) is 9.31. The molecular formula is C9H11NO3. The van der Waals surface area contributed by atoms with Crippen LogP contribution in [0.2, 0.25) is 0 Å². The normalized spacial score (nSPS) is 9.62. The van der Waals surface area contributed by atoms with Crippen molar-refractivity contribution in [3.05, 3.63) is 29.8 Å². The first-order valence-corrected chi connectivity index (χ1v) is 3.82. The number of para-hydroxylation sites is 1. The number of phenolic OH excluding ortho intramolecular Hbond substituents is 1. The van der Waals surface area contributed by atoms with E-state index in [2.05, 4.69) is 10.3 Å². The van der Waals surface area contributed by atoms with Crippen molar-refractivity contribution >= 4 is 5.91 Å². The second-order valence-electron chi connectivity index (χ2n) is 2.53. The van der Waals surface area contributed by atoms with Crippen molar-refractivity contribution in [3.63, 3.8) is 0 Å². The lowest BCUT2D eigenvalue weighted by molar-refractivity contribution is -0.130.